The summed E-state index contributed by atoms with van der Waals surface area (Å²) in [6, 6.07) is 0. The monoisotopic (exact) mass is 777 g/mol. The summed E-state index contributed by atoms with van der Waals surface area (Å²) in [6.45, 7) is 6.61. The molecular formula is C49H92O6. The largest absolute Gasteiger partial charge is 0.462 e. The molecule has 6 heteroatoms. The SMILES string of the molecule is CCCC/C=C\CCCCCCCC(=O)OC(COC(=O)CCCCCCCCCCCCC)COC(=O)CCCCCCCCCCCCCCCCC. The minimum Gasteiger partial charge on any atom is -0.462 e. The molecule has 6 nitrogen and oxygen atoms in total. The van der Waals surface area contributed by atoms with E-state index in [0.29, 0.717) is 19.3 Å². The van der Waals surface area contributed by atoms with Crippen LogP contribution in [0.4, 0.5) is 0 Å². The third kappa shape index (κ3) is 43.1. The Morgan fingerprint density at radius 2 is 0.618 bits per heavy atom. The first kappa shape index (κ1) is 53.1. The fourth-order valence-corrected chi connectivity index (χ4v) is 7.07. The molecule has 0 rings (SSSR count). The number of esters is 3. The van der Waals surface area contributed by atoms with E-state index in [-0.39, 0.29) is 31.1 Å². The van der Waals surface area contributed by atoms with Gasteiger partial charge in [-0.05, 0) is 38.5 Å². The summed E-state index contributed by atoms with van der Waals surface area (Å²) in [5, 5.41) is 0. The van der Waals surface area contributed by atoms with E-state index in [1.807, 2.05) is 0 Å². The van der Waals surface area contributed by atoms with E-state index < -0.39 is 6.10 Å². The molecule has 1 unspecified atom stereocenters. The fraction of sp³-hybridized carbons (Fsp3) is 0.898. The van der Waals surface area contributed by atoms with Gasteiger partial charge in [-0.2, -0.15) is 0 Å². The van der Waals surface area contributed by atoms with Gasteiger partial charge in [0, 0.05) is 19.3 Å². The van der Waals surface area contributed by atoms with Crippen molar-refractivity contribution in [3.05, 3.63) is 12.2 Å². The zero-order valence-corrected chi connectivity index (χ0v) is 37.0. The standard InChI is InChI=1S/C49H92O6/c1-4-7-10-13-16-19-22-23-24-25-28-30-33-36-39-42-48(51)54-45-46(55-49(52)43-40-37-34-31-27-21-18-15-12-9-6-3)44-53-47(50)41-38-35-32-29-26-20-17-14-11-8-5-2/h15,18,46H,4-14,16-17,19-45H2,1-3H3/b18-15-. The van der Waals surface area contributed by atoms with Crippen molar-refractivity contribution in [3.63, 3.8) is 0 Å². The number of unbranched alkanes of at least 4 members (excludes halogenated alkanes) is 31. The number of allylic oxidation sites excluding steroid dienone is 2. The summed E-state index contributed by atoms with van der Waals surface area (Å²) in [4.78, 5) is 37.8. The molecule has 0 amide bonds. The molecule has 0 aromatic heterocycles. The second kappa shape index (κ2) is 44.9. The van der Waals surface area contributed by atoms with Crippen molar-refractivity contribution in [3.8, 4) is 0 Å². The van der Waals surface area contributed by atoms with Gasteiger partial charge in [-0.15, -0.1) is 0 Å². The zero-order valence-electron chi connectivity index (χ0n) is 37.0. The number of carbonyl (C=O) groups excluding carboxylic acids is 3. The van der Waals surface area contributed by atoms with Crippen LogP contribution >= 0.6 is 0 Å². The number of hydrogen-bond donors (Lipinski definition) is 0. The van der Waals surface area contributed by atoms with Crippen LogP contribution in [0.5, 0.6) is 0 Å². The summed E-state index contributed by atoms with van der Waals surface area (Å²) in [5.41, 5.74) is 0. The normalized spacial score (nSPS) is 12.0. The highest BCUT2D eigenvalue weighted by Crippen LogP contribution is 2.16. The number of ether oxygens (including phenoxy) is 3. The first-order valence-electron chi connectivity index (χ1n) is 24.2. The van der Waals surface area contributed by atoms with Gasteiger partial charge in [0.1, 0.15) is 13.2 Å². The third-order valence-electron chi connectivity index (χ3n) is 10.8. The van der Waals surface area contributed by atoms with Gasteiger partial charge in [0.15, 0.2) is 6.10 Å². The molecule has 0 saturated heterocycles. The molecule has 0 heterocycles. The van der Waals surface area contributed by atoms with E-state index in [0.717, 1.165) is 64.2 Å². The van der Waals surface area contributed by atoms with Gasteiger partial charge in [0.2, 0.25) is 0 Å². The lowest BCUT2D eigenvalue weighted by Gasteiger charge is -2.18. The Kier molecular flexibility index (Phi) is 43.4. The first-order valence-corrected chi connectivity index (χ1v) is 24.2. The van der Waals surface area contributed by atoms with Crippen LogP contribution in [0.3, 0.4) is 0 Å². The summed E-state index contributed by atoms with van der Waals surface area (Å²) in [7, 11) is 0. The number of hydrogen-bond acceptors (Lipinski definition) is 6. The molecule has 1 atom stereocenters. The van der Waals surface area contributed by atoms with Gasteiger partial charge in [0.05, 0.1) is 0 Å². The van der Waals surface area contributed by atoms with E-state index in [2.05, 4.69) is 32.9 Å². The molecule has 0 aliphatic rings. The molecule has 0 fully saturated rings. The van der Waals surface area contributed by atoms with Crippen LogP contribution in [0.1, 0.15) is 265 Å². The van der Waals surface area contributed by atoms with E-state index in [9.17, 15) is 14.4 Å². The van der Waals surface area contributed by atoms with Crippen LogP contribution in [0, 0.1) is 0 Å². The lowest BCUT2D eigenvalue weighted by Crippen LogP contribution is -2.30. The van der Waals surface area contributed by atoms with Gasteiger partial charge in [0.25, 0.3) is 0 Å². The fourth-order valence-electron chi connectivity index (χ4n) is 7.07. The lowest BCUT2D eigenvalue weighted by atomic mass is 10.0. The Labute approximate surface area is 341 Å². The lowest BCUT2D eigenvalue weighted by molar-refractivity contribution is -0.167. The Morgan fingerprint density at radius 3 is 0.964 bits per heavy atom. The van der Waals surface area contributed by atoms with Crippen LogP contribution in [-0.2, 0) is 28.6 Å². The van der Waals surface area contributed by atoms with Crippen molar-refractivity contribution < 1.29 is 28.6 Å². The molecule has 0 N–H and O–H groups in total. The average Bonchev–Trinajstić information content (AvgIpc) is 3.18. The molecule has 0 aromatic rings. The highest BCUT2D eigenvalue weighted by Gasteiger charge is 2.19. The predicted molar refractivity (Wildman–Crippen MR) is 233 cm³/mol. The number of carbonyl (C=O) groups is 3. The predicted octanol–water partition coefficient (Wildman–Crippen LogP) is 15.4. The van der Waals surface area contributed by atoms with Crippen LogP contribution in [0.2, 0.25) is 0 Å². The minimum absolute atomic E-state index is 0.0686. The molecule has 0 aromatic carbocycles. The molecule has 0 aliphatic heterocycles. The van der Waals surface area contributed by atoms with Gasteiger partial charge < -0.3 is 14.2 Å². The van der Waals surface area contributed by atoms with Crippen LogP contribution in [-0.4, -0.2) is 37.2 Å². The Morgan fingerprint density at radius 1 is 0.345 bits per heavy atom. The molecule has 0 saturated carbocycles. The smallest absolute Gasteiger partial charge is 0.306 e. The van der Waals surface area contributed by atoms with Gasteiger partial charge in [-0.1, -0.05) is 219 Å². The van der Waals surface area contributed by atoms with E-state index in [4.69, 9.17) is 14.2 Å². The summed E-state index contributed by atoms with van der Waals surface area (Å²) < 4.78 is 16.7. The second-order valence-electron chi connectivity index (χ2n) is 16.4. The third-order valence-corrected chi connectivity index (χ3v) is 10.8. The van der Waals surface area contributed by atoms with E-state index >= 15 is 0 Å². The van der Waals surface area contributed by atoms with Crippen LogP contribution < -0.4 is 0 Å². The Hall–Kier alpha value is -1.85. The second-order valence-corrected chi connectivity index (χ2v) is 16.4. The van der Waals surface area contributed by atoms with Crippen LogP contribution in [0.25, 0.3) is 0 Å². The molecule has 0 spiro atoms. The molecular weight excluding hydrogens is 685 g/mol. The van der Waals surface area contributed by atoms with Crippen molar-refractivity contribution in [2.45, 2.75) is 271 Å². The zero-order chi connectivity index (χ0) is 40.1. The number of rotatable bonds is 44. The van der Waals surface area contributed by atoms with Crippen molar-refractivity contribution >= 4 is 17.9 Å². The molecule has 0 aliphatic carbocycles. The van der Waals surface area contributed by atoms with Crippen LogP contribution in [0.15, 0.2) is 12.2 Å². The molecule has 0 radical (unpaired) electrons. The minimum atomic E-state index is -0.765. The first-order chi connectivity index (χ1) is 27.0. The van der Waals surface area contributed by atoms with Gasteiger partial charge in [-0.3, -0.25) is 14.4 Å². The molecule has 55 heavy (non-hydrogen) atoms. The van der Waals surface area contributed by atoms with Crippen molar-refractivity contribution in [2.24, 2.45) is 0 Å². The highest BCUT2D eigenvalue weighted by molar-refractivity contribution is 5.71. The van der Waals surface area contributed by atoms with Gasteiger partial charge in [-0.25, -0.2) is 0 Å². The highest BCUT2D eigenvalue weighted by atomic mass is 16.6. The molecule has 0 bridgehead atoms. The van der Waals surface area contributed by atoms with Crippen molar-refractivity contribution in [1.29, 1.82) is 0 Å². The van der Waals surface area contributed by atoms with Crippen molar-refractivity contribution in [2.75, 3.05) is 13.2 Å². The Bertz CT molecular complexity index is 854. The quantitative estimate of drug-likeness (QED) is 0.0265. The topological polar surface area (TPSA) is 78.9 Å². The maximum atomic E-state index is 12.7. The average molecular weight is 777 g/mol. The maximum absolute atomic E-state index is 12.7. The Balaban J connectivity index is 4.31. The maximum Gasteiger partial charge on any atom is 0.306 e. The van der Waals surface area contributed by atoms with Gasteiger partial charge >= 0.3 is 17.9 Å². The van der Waals surface area contributed by atoms with E-state index in [1.165, 1.54) is 161 Å². The summed E-state index contributed by atoms with van der Waals surface area (Å²) >= 11 is 0. The van der Waals surface area contributed by atoms with E-state index in [1.54, 1.807) is 0 Å². The summed E-state index contributed by atoms with van der Waals surface area (Å²) in [6.07, 6.45) is 47.6. The summed E-state index contributed by atoms with van der Waals surface area (Å²) in [5.74, 6) is -0.867. The molecule has 324 valence electrons. The van der Waals surface area contributed by atoms with Crippen molar-refractivity contribution in [1.82, 2.24) is 0 Å².